The molecule has 0 atom stereocenters. The lowest BCUT2D eigenvalue weighted by molar-refractivity contribution is 0.453. The van der Waals surface area contributed by atoms with Crippen LogP contribution < -0.4 is 9.97 Å². The highest BCUT2D eigenvalue weighted by Crippen LogP contribution is 2.38. The van der Waals surface area contributed by atoms with Crippen LogP contribution in [0.3, 0.4) is 0 Å². The second kappa shape index (κ2) is 42.2. The molecule has 24 nitrogen and oxygen atoms in total. The van der Waals surface area contributed by atoms with Crippen molar-refractivity contribution in [3.8, 4) is 72.6 Å². The maximum Gasteiger partial charge on any atom is 0.569 e. The summed E-state index contributed by atoms with van der Waals surface area (Å²) in [6.45, 7) is 4.54. The van der Waals surface area contributed by atoms with Crippen LogP contribution in [0.25, 0.3) is 100.0 Å². The molecule has 0 spiro atoms. The molecule has 19 rings (SSSR count). The summed E-state index contributed by atoms with van der Waals surface area (Å²) in [5, 5.41) is 15.7. The van der Waals surface area contributed by atoms with Gasteiger partial charge < -0.3 is 20.0 Å². The van der Waals surface area contributed by atoms with Gasteiger partial charge in [0.1, 0.15) is 55.6 Å². The first-order chi connectivity index (χ1) is 61.2. The Morgan fingerprint density at radius 1 is 0.397 bits per heavy atom. The van der Waals surface area contributed by atoms with E-state index < -0.39 is 20.0 Å². The quantitative estimate of drug-likeness (QED) is 0.0311. The molecule has 0 unspecified atom stereocenters. The first-order valence-electron chi connectivity index (χ1n) is 38.4. The number of nitrogens with one attached hydrogen (secondary N) is 2. The molecule has 5 aromatic carbocycles. The number of aromatic amines is 1. The molecular weight excluding hydrogens is 1750 g/mol. The van der Waals surface area contributed by atoms with Gasteiger partial charge in [-0.3, -0.25) is 15.0 Å². The average molecular weight is 1820 g/mol. The van der Waals surface area contributed by atoms with Crippen molar-refractivity contribution in [1.82, 2.24) is 82.7 Å². The second-order valence-electron chi connectivity index (χ2n) is 27.6. The van der Waals surface area contributed by atoms with Crippen LogP contribution in [0.2, 0.25) is 31.0 Å². The van der Waals surface area contributed by atoms with E-state index in [1.54, 1.807) is 141 Å². The highest BCUT2D eigenvalue weighted by Gasteiger charge is 2.26. The van der Waals surface area contributed by atoms with Crippen LogP contribution in [-0.2, 0) is 39.4 Å². The molecule has 0 bridgehead atoms. The summed E-state index contributed by atoms with van der Waals surface area (Å²) in [6, 6.07) is 72.0. The van der Waals surface area contributed by atoms with Crippen LogP contribution in [0, 0.1) is 13.8 Å². The zero-order valence-electron chi connectivity index (χ0n) is 66.7. The van der Waals surface area contributed by atoms with Crippen LogP contribution in [0.5, 0.6) is 5.75 Å². The van der Waals surface area contributed by atoms with Crippen LogP contribution in [-0.4, -0.2) is 112 Å². The Morgan fingerprint density at radius 3 is 1.40 bits per heavy atom. The largest absolute Gasteiger partial charge is 0.569 e. The van der Waals surface area contributed by atoms with Gasteiger partial charge in [-0.05, 0) is 151 Å². The molecule has 14 aromatic heterocycles. The Morgan fingerprint density at radius 2 is 0.873 bits per heavy atom. The van der Waals surface area contributed by atoms with Crippen molar-refractivity contribution < 1.29 is 26.5 Å². The number of fused-ring (bicyclic) bond motifs is 3. The molecule has 126 heavy (non-hydrogen) atoms. The van der Waals surface area contributed by atoms with Gasteiger partial charge in [-0.15, -0.1) is 0 Å². The Bertz CT molecular complexity index is 6910. The lowest BCUT2D eigenvalue weighted by Crippen LogP contribution is -2.12. The maximum atomic E-state index is 13.5. The SMILES string of the molecule is Cc1ccc(S(=O)(=O)n2cc(-c3cc(Cl)ncn3)c3cc(-c4cccnc4)cnc32)cc1.Cc1ccc(S(=O)(=O)n2cc(-c3ccnc(Cl)c3)c3cc(-c4cccnc4)cnc32)cc1.Clc1cc(Cl)ncn1.Clc1nccc(NCc2ccccc2)n1.O[B]Oc1ccnc(Cl)c1.c1ccc(CCc2cccc(-c3c[nH]c4ncc(-c5cccnc5)cc34)c2)cc1. The lowest BCUT2D eigenvalue weighted by Gasteiger charge is -2.08. The molecule has 0 aliphatic rings. The van der Waals surface area contributed by atoms with E-state index in [9.17, 15) is 16.8 Å². The number of nitrogens with zero attached hydrogens (tertiary/aromatic N) is 16. The minimum Gasteiger partial charge on any atom is -0.537 e. The third-order valence-electron chi connectivity index (χ3n) is 19.1. The standard InChI is InChI=1S/C26H21N3.C24H17ClN4O2S.C23H16ClN5O2S.C11H10ClN3.C5H4BClNO2.C4H2Cl2N2/c1-2-6-19(7-3-1)11-12-20-8-4-9-21(14-20)25-18-29-26-24(25)15-23(17-28-26)22-10-5-13-27-16-22;1-16-4-6-20(7-5-16)32(30,31)29-15-22(17-8-10-27-23(25)12-17)21-11-19(14-28-24(21)29)18-3-2-9-26-13-18;1-15-4-6-18(7-5-15)32(30,31)29-13-20(21-10-22(24)28-14-27-21)19-9-17(12-26-23(19)29)16-3-2-8-25-11-16;12-11-13-7-6-10(15-11)14-8-9-4-2-1-3-5-9;7-5-3-4(10-6-9)1-2-8-5;5-3-1-4(6)8-2-7-3/h1-10,13-18H,11-12H2,(H,28,29);2-15H,1H3;2-14H,1H3;1-7H,8H2,(H,13,14,15);1-3,9H;1-2H. The van der Waals surface area contributed by atoms with Crippen LogP contribution in [0.4, 0.5) is 5.82 Å². The van der Waals surface area contributed by atoms with E-state index in [1.165, 1.54) is 72.9 Å². The molecule has 0 saturated heterocycles. The smallest absolute Gasteiger partial charge is 0.537 e. The topological polar surface area (TPSA) is 316 Å². The number of rotatable bonds is 18. The fourth-order valence-corrected chi connectivity index (χ4v) is 16.5. The predicted molar refractivity (Wildman–Crippen MR) is 497 cm³/mol. The maximum absolute atomic E-state index is 13.5. The van der Waals surface area contributed by atoms with Gasteiger partial charge in [-0.1, -0.05) is 197 Å². The van der Waals surface area contributed by atoms with Gasteiger partial charge in [0.05, 0.1) is 15.5 Å². The number of H-pyrrole nitrogens is 1. The molecule has 3 N–H and O–H groups in total. The summed E-state index contributed by atoms with van der Waals surface area (Å²) in [5.41, 5.74) is 17.8. The van der Waals surface area contributed by atoms with Crippen LogP contribution in [0.1, 0.15) is 27.8 Å². The van der Waals surface area contributed by atoms with Crippen LogP contribution in [0.15, 0.2) is 346 Å². The number of pyridine rings is 8. The van der Waals surface area contributed by atoms with E-state index in [-0.39, 0.29) is 20.2 Å². The van der Waals surface area contributed by atoms with E-state index in [0.29, 0.717) is 72.9 Å². The normalized spacial score (nSPS) is 11.0. The molecule has 33 heteroatoms. The summed E-state index contributed by atoms with van der Waals surface area (Å²) < 4.78 is 61.0. The highest BCUT2D eigenvalue weighted by molar-refractivity contribution is 7.90. The van der Waals surface area contributed by atoms with Gasteiger partial charge in [0.2, 0.25) is 5.28 Å². The van der Waals surface area contributed by atoms with Crippen molar-refractivity contribution >= 4 is 136 Å². The van der Waals surface area contributed by atoms with Crippen molar-refractivity contribution in [3.63, 3.8) is 0 Å². The van der Waals surface area contributed by atoms with E-state index in [2.05, 4.69) is 170 Å². The number of hydrogen-bond acceptors (Lipinski definition) is 21. The number of aryl methyl sites for hydroxylation is 4. The van der Waals surface area contributed by atoms with Gasteiger partial charge in [0.25, 0.3) is 20.0 Å². The monoisotopic (exact) mass is 1820 g/mol. The minimum atomic E-state index is -3.89. The Labute approximate surface area is 755 Å². The number of aromatic nitrogens is 17. The van der Waals surface area contributed by atoms with Gasteiger partial charge in [0, 0.05) is 184 Å². The number of benzene rings is 5. The average Bonchev–Trinajstić information content (AvgIpc) is 1.59. The fraction of sp³-hybridized carbons (Fsp3) is 0.0538. The molecule has 0 fully saturated rings. The molecule has 0 aliphatic carbocycles. The first-order valence-corrected chi connectivity index (χ1v) is 43.6. The molecule has 0 amide bonds. The Balaban J connectivity index is 0.000000130. The van der Waals surface area contributed by atoms with E-state index >= 15 is 0 Å². The second-order valence-corrected chi connectivity index (χ2v) is 33.5. The van der Waals surface area contributed by atoms with Gasteiger partial charge in [0.15, 0.2) is 11.3 Å². The van der Waals surface area contributed by atoms with Gasteiger partial charge in [-0.25, -0.2) is 79.6 Å². The minimum absolute atomic E-state index is 0.172. The summed E-state index contributed by atoms with van der Waals surface area (Å²) in [6.07, 6.45) is 30.3. The zero-order valence-corrected chi connectivity index (χ0v) is 72.8. The number of hydrogen-bond donors (Lipinski definition) is 3. The van der Waals surface area contributed by atoms with Crippen molar-refractivity contribution in [2.24, 2.45) is 0 Å². The van der Waals surface area contributed by atoms with Crippen LogP contribution >= 0.6 is 69.6 Å². The van der Waals surface area contributed by atoms with Crippen molar-refractivity contribution in [3.05, 3.63) is 395 Å². The van der Waals surface area contributed by atoms with Crippen molar-refractivity contribution in [2.75, 3.05) is 5.32 Å². The molecule has 625 valence electrons. The fourth-order valence-electron chi connectivity index (χ4n) is 12.9. The summed E-state index contributed by atoms with van der Waals surface area (Å²) in [7, 11) is -7.17. The van der Waals surface area contributed by atoms with Gasteiger partial charge >= 0.3 is 7.69 Å². The van der Waals surface area contributed by atoms with Crippen molar-refractivity contribution in [1.29, 1.82) is 0 Å². The summed E-state index contributed by atoms with van der Waals surface area (Å²) >= 11 is 34.2. The summed E-state index contributed by atoms with van der Waals surface area (Å²) in [4.78, 5) is 61.0. The van der Waals surface area contributed by atoms with E-state index in [0.717, 1.165) is 86.3 Å². The van der Waals surface area contributed by atoms with E-state index in [4.69, 9.17) is 74.6 Å². The molecule has 1 radical (unpaired) electrons. The highest BCUT2D eigenvalue weighted by atomic mass is 35.5. The van der Waals surface area contributed by atoms with Crippen molar-refractivity contribution in [2.45, 2.75) is 43.0 Å². The molecule has 0 saturated carbocycles. The number of anilines is 1. The third kappa shape index (κ3) is 23.1. The zero-order chi connectivity index (χ0) is 87.9. The Kier molecular flexibility index (Phi) is 29.7. The molecular formula is C93H70BCl6N18O6S2. The lowest BCUT2D eigenvalue weighted by atomic mass is 9.98. The molecule has 14 heterocycles. The molecule has 0 aliphatic heterocycles. The Hall–Kier alpha value is -13.6. The predicted octanol–water partition coefficient (Wildman–Crippen LogP) is 21.4. The van der Waals surface area contributed by atoms with Gasteiger partial charge in [-0.2, -0.15) is 0 Å². The number of halogens is 6. The van der Waals surface area contributed by atoms with E-state index in [1.807, 2.05) is 86.9 Å². The first kappa shape index (κ1) is 88.7. The third-order valence-corrected chi connectivity index (χ3v) is 23.6. The summed E-state index contributed by atoms with van der Waals surface area (Å²) in [5.74, 6) is 1.20. The molecule has 19 aromatic rings.